The molecule has 0 atom stereocenters. The second-order valence-electron chi connectivity index (χ2n) is 7.19. The van der Waals surface area contributed by atoms with Crippen LogP contribution in [0, 0.1) is 6.92 Å². The number of hydrogen-bond donors (Lipinski definition) is 1. The van der Waals surface area contributed by atoms with Crippen molar-refractivity contribution in [2.45, 2.75) is 58.3 Å². The van der Waals surface area contributed by atoms with Crippen LogP contribution in [-0.2, 0) is 15.6 Å². The fourth-order valence-corrected chi connectivity index (χ4v) is 3.08. The Kier molecular flexibility index (Phi) is 3.53. The highest BCUT2D eigenvalue weighted by Crippen LogP contribution is 2.46. The largest absolute Gasteiger partial charge is 0.478 e. The zero-order valence-electron chi connectivity index (χ0n) is 13.1. The number of carbonyl (C=O) groups is 1. The van der Waals surface area contributed by atoms with Crippen molar-refractivity contribution in [2.75, 3.05) is 0 Å². The van der Waals surface area contributed by atoms with E-state index in [0.717, 1.165) is 17.5 Å². The average Bonchev–Trinajstić information content (AvgIpc) is 2.33. The second-order valence-corrected chi connectivity index (χ2v) is 7.19. The van der Waals surface area contributed by atoms with E-state index in [9.17, 15) is 4.79 Å². The van der Waals surface area contributed by atoms with Crippen LogP contribution >= 0.6 is 0 Å². The summed E-state index contributed by atoms with van der Waals surface area (Å²) in [5.74, 6) is -0.901. The van der Waals surface area contributed by atoms with Gasteiger partial charge in [-0.05, 0) is 58.9 Å². The average molecular weight is 272 g/mol. The van der Waals surface area contributed by atoms with Gasteiger partial charge >= 0.3 is 5.97 Å². The van der Waals surface area contributed by atoms with Gasteiger partial charge in [-0.25, -0.2) is 4.79 Å². The molecule has 1 aliphatic carbocycles. The van der Waals surface area contributed by atoms with Gasteiger partial charge in [0.1, 0.15) is 0 Å². The first-order valence-electron chi connectivity index (χ1n) is 7.20. The molecule has 0 saturated carbocycles. The summed E-state index contributed by atoms with van der Waals surface area (Å²) in [6.45, 7) is 11.2. The van der Waals surface area contributed by atoms with E-state index in [-0.39, 0.29) is 10.8 Å². The van der Waals surface area contributed by atoms with Crippen molar-refractivity contribution in [2.24, 2.45) is 0 Å². The molecule has 2 heteroatoms. The Hall–Kier alpha value is -1.57. The molecular weight excluding hydrogens is 248 g/mol. The Morgan fingerprint density at radius 3 is 2.10 bits per heavy atom. The van der Waals surface area contributed by atoms with Gasteiger partial charge in [0, 0.05) is 6.08 Å². The molecule has 0 spiro atoms. The van der Waals surface area contributed by atoms with E-state index in [1.54, 1.807) is 6.08 Å². The summed E-state index contributed by atoms with van der Waals surface area (Å²) in [5, 5.41) is 8.80. The first kappa shape index (κ1) is 14.8. The summed E-state index contributed by atoms with van der Waals surface area (Å²) in [6, 6.07) is 4.43. The molecule has 1 aliphatic rings. The van der Waals surface area contributed by atoms with Gasteiger partial charge in [0.15, 0.2) is 0 Å². The van der Waals surface area contributed by atoms with Gasteiger partial charge < -0.3 is 5.11 Å². The van der Waals surface area contributed by atoms with Gasteiger partial charge in [0.05, 0.1) is 0 Å². The molecule has 2 nitrogen and oxygen atoms in total. The van der Waals surface area contributed by atoms with Crippen LogP contribution in [0.3, 0.4) is 0 Å². The number of aryl methyl sites for hydroxylation is 1. The number of benzene rings is 1. The fourth-order valence-electron chi connectivity index (χ4n) is 3.08. The highest BCUT2D eigenvalue weighted by molar-refractivity contribution is 5.85. The van der Waals surface area contributed by atoms with Crippen LogP contribution in [0.15, 0.2) is 18.2 Å². The van der Waals surface area contributed by atoms with Crippen LogP contribution in [0.25, 0.3) is 6.08 Å². The summed E-state index contributed by atoms with van der Waals surface area (Å²) in [5.41, 5.74) is 5.29. The first-order valence-corrected chi connectivity index (χ1v) is 7.20. The Bertz CT molecular complexity index is 577. The lowest BCUT2D eigenvalue weighted by Crippen LogP contribution is -2.34. The van der Waals surface area contributed by atoms with Crippen LogP contribution in [0.2, 0.25) is 0 Å². The van der Waals surface area contributed by atoms with E-state index in [1.807, 2.05) is 0 Å². The molecule has 0 aromatic heterocycles. The zero-order valence-corrected chi connectivity index (χ0v) is 13.1. The van der Waals surface area contributed by atoms with E-state index in [2.05, 4.69) is 46.8 Å². The van der Waals surface area contributed by atoms with E-state index >= 15 is 0 Å². The molecule has 1 aromatic carbocycles. The predicted octanol–water partition coefficient (Wildman–Crippen LogP) is 4.44. The third-order valence-electron chi connectivity index (χ3n) is 4.64. The quantitative estimate of drug-likeness (QED) is 0.808. The zero-order chi connectivity index (χ0) is 15.1. The summed E-state index contributed by atoms with van der Waals surface area (Å²) >= 11 is 0. The molecule has 1 aromatic rings. The molecule has 0 radical (unpaired) electrons. The number of aliphatic carboxylic acids is 1. The van der Waals surface area contributed by atoms with Crippen molar-refractivity contribution >= 4 is 12.0 Å². The molecule has 20 heavy (non-hydrogen) atoms. The second kappa shape index (κ2) is 4.76. The normalized spacial score (nSPS) is 19.9. The standard InChI is InChI=1S/C18H24O2/c1-12-10-14-15(11-13(12)6-7-16(19)20)18(4,5)9-8-17(14,2)3/h6-7,10-11H,8-9H2,1-5H3,(H,19,20)/b7-6-. The lowest BCUT2D eigenvalue weighted by molar-refractivity contribution is -0.131. The Balaban J connectivity index is 2.60. The highest BCUT2D eigenvalue weighted by atomic mass is 16.4. The SMILES string of the molecule is Cc1cc2c(cc1/C=C\C(=O)O)C(C)(C)CCC2(C)C. The predicted molar refractivity (Wildman–Crippen MR) is 83.1 cm³/mol. The minimum atomic E-state index is -0.901. The number of carboxylic acid groups (broad SMARTS) is 1. The van der Waals surface area contributed by atoms with Gasteiger partial charge in [-0.1, -0.05) is 39.8 Å². The third kappa shape index (κ3) is 2.65. The maximum Gasteiger partial charge on any atom is 0.328 e. The maximum atomic E-state index is 10.7. The van der Waals surface area contributed by atoms with Crippen molar-refractivity contribution in [3.63, 3.8) is 0 Å². The smallest absolute Gasteiger partial charge is 0.328 e. The Morgan fingerprint density at radius 2 is 1.60 bits per heavy atom. The molecule has 1 N–H and O–H groups in total. The van der Waals surface area contributed by atoms with Crippen molar-refractivity contribution < 1.29 is 9.90 Å². The number of rotatable bonds is 2. The Labute approximate surface area is 121 Å². The van der Waals surface area contributed by atoms with Crippen molar-refractivity contribution in [1.29, 1.82) is 0 Å². The van der Waals surface area contributed by atoms with Crippen LogP contribution in [0.5, 0.6) is 0 Å². The van der Waals surface area contributed by atoms with Crippen molar-refractivity contribution in [3.05, 3.63) is 40.5 Å². The molecule has 0 fully saturated rings. The summed E-state index contributed by atoms with van der Waals surface area (Å²) < 4.78 is 0. The minimum absolute atomic E-state index is 0.157. The van der Waals surface area contributed by atoms with Crippen LogP contribution in [0.1, 0.15) is 62.8 Å². The molecule has 0 amide bonds. The molecule has 2 rings (SSSR count). The van der Waals surface area contributed by atoms with Crippen LogP contribution in [-0.4, -0.2) is 11.1 Å². The molecular formula is C18H24O2. The molecule has 0 bridgehead atoms. The monoisotopic (exact) mass is 272 g/mol. The van der Waals surface area contributed by atoms with E-state index in [0.29, 0.717) is 0 Å². The minimum Gasteiger partial charge on any atom is -0.478 e. The number of fused-ring (bicyclic) bond motifs is 1. The van der Waals surface area contributed by atoms with Crippen molar-refractivity contribution in [3.8, 4) is 0 Å². The van der Waals surface area contributed by atoms with Gasteiger partial charge in [0.25, 0.3) is 0 Å². The fraction of sp³-hybridized carbons (Fsp3) is 0.500. The van der Waals surface area contributed by atoms with Crippen molar-refractivity contribution in [1.82, 2.24) is 0 Å². The topological polar surface area (TPSA) is 37.3 Å². The molecule has 0 saturated heterocycles. The van der Waals surface area contributed by atoms with Crippen LogP contribution < -0.4 is 0 Å². The van der Waals surface area contributed by atoms with Crippen LogP contribution in [0.4, 0.5) is 0 Å². The molecule has 0 aliphatic heterocycles. The molecule has 0 heterocycles. The third-order valence-corrected chi connectivity index (χ3v) is 4.64. The summed E-state index contributed by atoms with van der Waals surface area (Å²) in [6.07, 6.45) is 5.28. The lowest BCUT2D eigenvalue weighted by Gasteiger charge is -2.42. The van der Waals surface area contributed by atoms with Gasteiger partial charge in [-0.2, -0.15) is 0 Å². The first-order chi connectivity index (χ1) is 9.13. The highest BCUT2D eigenvalue weighted by Gasteiger charge is 2.37. The maximum absolute atomic E-state index is 10.7. The van der Waals surface area contributed by atoms with Gasteiger partial charge in [-0.3, -0.25) is 0 Å². The van der Waals surface area contributed by atoms with E-state index in [1.165, 1.54) is 23.6 Å². The van der Waals surface area contributed by atoms with E-state index < -0.39 is 5.97 Å². The molecule has 0 unspecified atom stereocenters. The van der Waals surface area contributed by atoms with Gasteiger partial charge in [0.2, 0.25) is 0 Å². The number of hydrogen-bond acceptors (Lipinski definition) is 1. The lowest BCUT2D eigenvalue weighted by atomic mass is 9.62. The number of carboxylic acids is 1. The van der Waals surface area contributed by atoms with E-state index in [4.69, 9.17) is 5.11 Å². The Morgan fingerprint density at radius 1 is 1.10 bits per heavy atom. The summed E-state index contributed by atoms with van der Waals surface area (Å²) in [4.78, 5) is 10.7. The van der Waals surface area contributed by atoms with Gasteiger partial charge in [-0.15, -0.1) is 0 Å². The summed E-state index contributed by atoms with van der Waals surface area (Å²) in [7, 11) is 0. The molecule has 108 valence electrons.